The van der Waals surface area contributed by atoms with Gasteiger partial charge >= 0.3 is 6.09 Å². The van der Waals surface area contributed by atoms with Crippen molar-refractivity contribution in [3.8, 4) is 0 Å². The predicted molar refractivity (Wildman–Crippen MR) is 109 cm³/mol. The Labute approximate surface area is 169 Å². The molecule has 1 saturated heterocycles. The minimum atomic E-state index is -0.278. The molecule has 1 atom stereocenters. The third-order valence-electron chi connectivity index (χ3n) is 6.99. The molecule has 5 rings (SSSR count). The number of fused-ring (bicyclic) bond motifs is 1. The molecule has 0 radical (unpaired) electrons. The van der Waals surface area contributed by atoms with Gasteiger partial charge in [-0.3, -0.25) is 9.36 Å². The molecule has 0 unspecified atom stereocenters. The molecule has 1 amide bonds. The second-order valence-corrected chi connectivity index (χ2v) is 8.66. The van der Waals surface area contributed by atoms with E-state index in [9.17, 15) is 9.59 Å². The molecule has 29 heavy (non-hydrogen) atoms. The van der Waals surface area contributed by atoms with E-state index in [1.165, 1.54) is 32.8 Å². The maximum Gasteiger partial charge on any atom is 0.409 e. The van der Waals surface area contributed by atoms with E-state index >= 15 is 0 Å². The summed E-state index contributed by atoms with van der Waals surface area (Å²) in [6, 6.07) is 3.92. The molecule has 1 aliphatic heterocycles. The summed E-state index contributed by atoms with van der Waals surface area (Å²) in [7, 11) is 1.41. The van der Waals surface area contributed by atoms with Gasteiger partial charge in [0.2, 0.25) is 5.95 Å². The lowest BCUT2D eigenvalue weighted by molar-refractivity contribution is 0.113. The number of amides is 1. The molecule has 0 aromatic carbocycles. The number of carbonyl (C=O) groups is 1. The SMILES string of the molecule is COC(=O)N1CCC(Nc2ncc3ccc(=O)n([C@H]4CCCC45CC5)c3n2)CC1. The Hall–Kier alpha value is -2.64. The van der Waals surface area contributed by atoms with Crippen molar-refractivity contribution in [2.24, 2.45) is 5.41 Å². The van der Waals surface area contributed by atoms with Crippen molar-refractivity contribution in [2.45, 2.75) is 57.0 Å². The fourth-order valence-electron chi connectivity index (χ4n) is 5.19. The number of methoxy groups -OCH3 is 1. The van der Waals surface area contributed by atoms with Crippen molar-refractivity contribution < 1.29 is 9.53 Å². The molecule has 3 aliphatic rings. The van der Waals surface area contributed by atoms with Crippen LogP contribution in [-0.4, -0.2) is 51.8 Å². The van der Waals surface area contributed by atoms with Gasteiger partial charge in [-0.1, -0.05) is 6.42 Å². The van der Waals surface area contributed by atoms with Crippen LogP contribution in [-0.2, 0) is 4.74 Å². The molecular formula is C21H27N5O3. The normalized spacial score (nSPS) is 23.5. The summed E-state index contributed by atoms with van der Waals surface area (Å²) >= 11 is 0. The first kappa shape index (κ1) is 18.4. The van der Waals surface area contributed by atoms with Gasteiger partial charge in [-0.15, -0.1) is 0 Å². The van der Waals surface area contributed by atoms with Crippen molar-refractivity contribution >= 4 is 23.1 Å². The van der Waals surface area contributed by atoms with Crippen LogP contribution >= 0.6 is 0 Å². The zero-order valence-corrected chi connectivity index (χ0v) is 16.8. The Balaban J connectivity index is 1.40. The minimum Gasteiger partial charge on any atom is -0.453 e. The molecule has 0 bridgehead atoms. The second-order valence-electron chi connectivity index (χ2n) is 8.66. The number of piperidine rings is 1. The molecule has 154 valence electrons. The average Bonchev–Trinajstić information content (AvgIpc) is 3.41. The standard InChI is InChI=1S/C21H27N5O3/c1-29-20(28)25-11-6-15(7-12-25)23-19-22-13-14-4-5-17(27)26(18(14)24-19)16-3-2-8-21(16)9-10-21/h4-5,13,15-16H,2-3,6-12H2,1H3,(H,22,23,24)/t16-/m0/s1. The van der Waals surface area contributed by atoms with Gasteiger partial charge in [0.05, 0.1) is 7.11 Å². The highest BCUT2D eigenvalue weighted by molar-refractivity contribution is 5.75. The Bertz CT molecular complexity index is 991. The first-order valence-electron chi connectivity index (χ1n) is 10.6. The monoisotopic (exact) mass is 397 g/mol. The third kappa shape index (κ3) is 3.24. The van der Waals surface area contributed by atoms with Crippen molar-refractivity contribution in [1.29, 1.82) is 0 Å². The van der Waals surface area contributed by atoms with Crippen LogP contribution in [0.4, 0.5) is 10.7 Å². The summed E-state index contributed by atoms with van der Waals surface area (Å²) in [4.78, 5) is 35.4. The maximum absolute atomic E-state index is 12.8. The summed E-state index contributed by atoms with van der Waals surface area (Å²) in [5.41, 5.74) is 1.09. The molecule has 2 saturated carbocycles. The number of hydrogen-bond acceptors (Lipinski definition) is 6. The number of nitrogens with one attached hydrogen (secondary N) is 1. The largest absolute Gasteiger partial charge is 0.453 e. The highest BCUT2D eigenvalue weighted by Crippen LogP contribution is 2.63. The van der Waals surface area contributed by atoms with E-state index in [0.29, 0.717) is 24.5 Å². The number of hydrogen-bond donors (Lipinski definition) is 1. The quantitative estimate of drug-likeness (QED) is 0.857. The van der Waals surface area contributed by atoms with Crippen LogP contribution < -0.4 is 10.9 Å². The molecule has 8 heteroatoms. The lowest BCUT2D eigenvalue weighted by Crippen LogP contribution is -2.42. The number of likely N-dealkylation sites (tertiary alicyclic amines) is 1. The van der Waals surface area contributed by atoms with E-state index in [1.807, 2.05) is 10.6 Å². The molecule has 2 aromatic heterocycles. The fraction of sp³-hybridized carbons (Fsp3) is 0.619. The first-order chi connectivity index (χ1) is 14.1. The van der Waals surface area contributed by atoms with Gasteiger partial charge in [0, 0.05) is 42.8 Å². The van der Waals surface area contributed by atoms with Crippen LogP contribution in [0.15, 0.2) is 23.1 Å². The summed E-state index contributed by atoms with van der Waals surface area (Å²) in [5.74, 6) is 0.552. The lowest BCUT2D eigenvalue weighted by atomic mass is 10.00. The van der Waals surface area contributed by atoms with E-state index in [1.54, 1.807) is 17.2 Å². The predicted octanol–water partition coefficient (Wildman–Crippen LogP) is 2.94. The number of rotatable bonds is 3. The Morgan fingerprint density at radius 3 is 2.72 bits per heavy atom. The number of anilines is 1. The van der Waals surface area contributed by atoms with E-state index in [-0.39, 0.29) is 23.7 Å². The molecular weight excluding hydrogens is 370 g/mol. The Morgan fingerprint density at radius 1 is 1.21 bits per heavy atom. The van der Waals surface area contributed by atoms with Gasteiger partial charge in [-0.2, -0.15) is 4.98 Å². The highest BCUT2D eigenvalue weighted by atomic mass is 16.5. The zero-order chi connectivity index (χ0) is 20.0. The second kappa shape index (κ2) is 7.00. The average molecular weight is 397 g/mol. The maximum atomic E-state index is 12.8. The summed E-state index contributed by atoms with van der Waals surface area (Å²) in [5, 5.41) is 4.31. The zero-order valence-electron chi connectivity index (χ0n) is 16.8. The van der Waals surface area contributed by atoms with Gasteiger partial charge in [0.25, 0.3) is 5.56 Å². The number of ether oxygens (including phenoxy) is 1. The van der Waals surface area contributed by atoms with Crippen LogP contribution in [0.5, 0.6) is 0 Å². The topological polar surface area (TPSA) is 89.4 Å². The summed E-state index contributed by atoms with van der Waals surface area (Å²) in [6.07, 6.45) is 9.03. The van der Waals surface area contributed by atoms with Crippen molar-refractivity contribution in [2.75, 3.05) is 25.5 Å². The van der Waals surface area contributed by atoms with E-state index < -0.39 is 0 Å². The highest BCUT2D eigenvalue weighted by Gasteiger charge is 2.53. The first-order valence-corrected chi connectivity index (χ1v) is 10.6. The van der Waals surface area contributed by atoms with Crippen molar-refractivity contribution in [3.63, 3.8) is 0 Å². The van der Waals surface area contributed by atoms with E-state index in [0.717, 1.165) is 30.3 Å². The van der Waals surface area contributed by atoms with E-state index in [4.69, 9.17) is 9.72 Å². The van der Waals surface area contributed by atoms with Crippen LogP contribution in [0, 0.1) is 5.41 Å². The van der Waals surface area contributed by atoms with Crippen LogP contribution in [0.2, 0.25) is 0 Å². The number of nitrogens with zero attached hydrogens (tertiary/aromatic N) is 4. The molecule has 3 heterocycles. The van der Waals surface area contributed by atoms with Gasteiger partial charge in [0.1, 0.15) is 5.65 Å². The summed E-state index contributed by atoms with van der Waals surface area (Å²) < 4.78 is 6.73. The molecule has 1 spiro atoms. The molecule has 3 fully saturated rings. The van der Waals surface area contributed by atoms with Crippen LogP contribution in [0.25, 0.3) is 11.0 Å². The van der Waals surface area contributed by atoms with Gasteiger partial charge in [0.15, 0.2) is 0 Å². The minimum absolute atomic E-state index is 0.0340. The summed E-state index contributed by atoms with van der Waals surface area (Å²) in [6.45, 7) is 1.29. The molecule has 2 aliphatic carbocycles. The Morgan fingerprint density at radius 2 is 2.00 bits per heavy atom. The van der Waals surface area contributed by atoms with Crippen molar-refractivity contribution in [3.05, 3.63) is 28.7 Å². The van der Waals surface area contributed by atoms with Gasteiger partial charge in [-0.05, 0) is 50.0 Å². The molecule has 2 aromatic rings. The Kier molecular flexibility index (Phi) is 4.44. The number of pyridine rings is 1. The molecule has 8 nitrogen and oxygen atoms in total. The third-order valence-corrected chi connectivity index (χ3v) is 6.99. The smallest absolute Gasteiger partial charge is 0.409 e. The van der Waals surface area contributed by atoms with Gasteiger partial charge < -0.3 is 15.0 Å². The van der Waals surface area contributed by atoms with Crippen LogP contribution in [0.1, 0.15) is 51.0 Å². The van der Waals surface area contributed by atoms with Crippen LogP contribution in [0.3, 0.4) is 0 Å². The number of carbonyl (C=O) groups excluding carboxylic acids is 1. The van der Waals surface area contributed by atoms with Crippen molar-refractivity contribution in [1.82, 2.24) is 19.4 Å². The van der Waals surface area contributed by atoms with E-state index in [2.05, 4.69) is 10.3 Å². The fourth-order valence-corrected chi connectivity index (χ4v) is 5.19. The number of aromatic nitrogens is 3. The van der Waals surface area contributed by atoms with Gasteiger partial charge in [-0.25, -0.2) is 9.78 Å². The molecule has 1 N–H and O–H groups in total. The lowest BCUT2D eigenvalue weighted by Gasteiger charge is -2.31.